The molecule has 1 N–H and O–H groups in total. The number of anilines is 1. The lowest BCUT2D eigenvalue weighted by molar-refractivity contribution is -0.131. The normalized spacial score (nSPS) is 19.2. The SMILES string of the molecule is CCOc1ccc(NC(=S)N(C)[C@]2(c3ccccc3Cl)CCCCC2=O)cc1. The molecule has 0 heterocycles. The number of nitrogens with zero attached hydrogens (tertiary/aromatic N) is 1. The first kappa shape index (κ1) is 20.6. The van der Waals surface area contributed by atoms with E-state index in [1.807, 2.05) is 67.4 Å². The Morgan fingerprint density at radius 1 is 1.21 bits per heavy atom. The van der Waals surface area contributed by atoms with E-state index in [4.69, 9.17) is 28.6 Å². The smallest absolute Gasteiger partial charge is 0.174 e. The highest BCUT2D eigenvalue weighted by atomic mass is 35.5. The number of Topliss-reactive ketones (excluding diaryl/α,β-unsaturated/α-hetero) is 1. The van der Waals surface area contributed by atoms with Crippen LogP contribution in [-0.4, -0.2) is 29.5 Å². The highest BCUT2D eigenvalue weighted by molar-refractivity contribution is 7.80. The summed E-state index contributed by atoms with van der Waals surface area (Å²) < 4.78 is 5.48. The van der Waals surface area contributed by atoms with Gasteiger partial charge in [0.25, 0.3) is 0 Å². The molecule has 2 aromatic carbocycles. The molecule has 1 aliphatic rings. The maximum Gasteiger partial charge on any atom is 0.174 e. The van der Waals surface area contributed by atoms with Gasteiger partial charge in [-0.3, -0.25) is 4.79 Å². The van der Waals surface area contributed by atoms with Crippen molar-refractivity contribution in [1.29, 1.82) is 0 Å². The van der Waals surface area contributed by atoms with Crippen LogP contribution in [0.1, 0.15) is 38.2 Å². The summed E-state index contributed by atoms with van der Waals surface area (Å²) in [6.07, 6.45) is 3.07. The third kappa shape index (κ3) is 4.01. The van der Waals surface area contributed by atoms with Crippen LogP contribution in [-0.2, 0) is 10.3 Å². The Morgan fingerprint density at radius 2 is 1.93 bits per heavy atom. The zero-order valence-electron chi connectivity index (χ0n) is 16.2. The van der Waals surface area contributed by atoms with Gasteiger partial charge in [-0.05, 0) is 68.7 Å². The molecule has 28 heavy (non-hydrogen) atoms. The minimum atomic E-state index is -0.841. The van der Waals surface area contributed by atoms with Crippen molar-refractivity contribution in [3.8, 4) is 5.75 Å². The Balaban J connectivity index is 1.89. The lowest BCUT2D eigenvalue weighted by atomic mass is 9.74. The molecule has 0 aromatic heterocycles. The molecule has 0 amide bonds. The fourth-order valence-corrected chi connectivity index (χ4v) is 4.38. The van der Waals surface area contributed by atoms with Crippen molar-refractivity contribution in [2.45, 2.75) is 38.1 Å². The molecule has 0 unspecified atom stereocenters. The Kier molecular flexibility index (Phi) is 6.57. The maximum atomic E-state index is 13.2. The average Bonchev–Trinajstić information content (AvgIpc) is 2.70. The summed E-state index contributed by atoms with van der Waals surface area (Å²) in [4.78, 5) is 15.1. The van der Waals surface area contributed by atoms with E-state index >= 15 is 0 Å². The number of ketones is 1. The predicted octanol–water partition coefficient (Wildman–Crippen LogP) is 5.41. The third-order valence-corrected chi connectivity index (χ3v) is 5.97. The standard InChI is InChI=1S/C22H25ClN2O2S/c1-3-27-17-13-11-16(12-14-17)24-21(28)25(2)22(15-7-6-10-20(22)26)18-8-4-5-9-19(18)23/h4-5,8-9,11-14H,3,6-7,10,15H2,1-2H3,(H,24,28)/t22-/m0/s1. The van der Waals surface area contributed by atoms with Gasteiger partial charge in [0.05, 0.1) is 6.61 Å². The molecule has 0 saturated heterocycles. The quantitative estimate of drug-likeness (QED) is 0.660. The molecule has 0 bridgehead atoms. The zero-order chi connectivity index (χ0) is 20.1. The van der Waals surface area contributed by atoms with Gasteiger partial charge in [-0.25, -0.2) is 0 Å². The summed E-state index contributed by atoms with van der Waals surface area (Å²) in [7, 11) is 1.87. The Bertz CT molecular complexity index is 856. The van der Waals surface area contributed by atoms with Crippen LogP contribution in [0.4, 0.5) is 5.69 Å². The molecule has 1 aliphatic carbocycles. The molecule has 148 valence electrons. The van der Waals surface area contributed by atoms with E-state index in [2.05, 4.69) is 5.32 Å². The van der Waals surface area contributed by atoms with Crippen LogP contribution in [0.25, 0.3) is 0 Å². The van der Waals surface area contributed by atoms with Crippen molar-refractivity contribution in [2.75, 3.05) is 19.0 Å². The summed E-state index contributed by atoms with van der Waals surface area (Å²) in [5.74, 6) is 0.965. The van der Waals surface area contributed by atoms with Gasteiger partial charge in [-0.1, -0.05) is 29.8 Å². The highest BCUT2D eigenvalue weighted by Gasteiger charge is 2.47. The van der Waals surface area contributed by atoms with Gasteiger partial charge >= 0.3 is 0 Å². The monoisotopic (exact) mass is 416 g/mol. The van der Waals surface area contributed by atoms with Crippen LogP contribution in [0.15, 0.2) is 48.5 Å². The molecule has 0 radical (unpaired) electrons. The Morgan fingerprint density at radius 3 is 2.57 bits per heavy atom. The molecule has 4 nitrogen and oxygen atoms in total. The van der Waals surface area contributed by atoms with Crippen LogP contribution < -0.4 is 10.1 Å². The molecular weight excluding hydrogens is 392 g/mol. The summed E-state index contributed by atoms with van der Waals surface area (Å²) in [6.45, 7) is 2.57. The van der Waals surface area contributed by atoms with Crippen molar-refractivity contribution in [3.05, 3.63) is 59.1 Å². The Hall–Kier alpha value is -2.11. The first-order valence-electron chi connectivity index (χ1n) is 9.55. The van der Waals surface area contributed by atoms with Gasteiger partial charge in [0.1, 0.15) is 11.3 Å². The molecule has 0 spiro atoms. The van der Waals surface area contributed by atoms with Gasteiger partial charge < -0.3 is 15.0 Å². The van der Waals surface area contributed by atoms with E-state index in [9.17, 15) is 4.79 Å². The maximum absolute atomic E-state index is 13.2. The fourth-order valence-electron chi connectivity index (χ4n) is 3.81. The van der Waals surface area contributed by atoms with Crippen LogP contribution in [0.2, 0.25) is 5.02 Å². The zero-order valence-corrected chi connectivity index (χ0v) is 17.8. The summed E-state index contributed by atoms with van der Waals surface area (Å²) >= 11 is 12.2. The van der Waals surface area contributed by atoms with Crippen LogP contribution in [0.5, 0.6) is 5.75 Å². The molecule has 3 rings (SSSR count). The number of nitrogens with one attached hydrogen (secondary N) is 1. The van der Waals surface area contributed by atoms with Crippen molar-refractivity contribution < 1.29 is 9.53 Å². The molecular formula is C22H25ClN2O2S. The Labute approximate surface area is 176 Å². The third-order valence-electron chi connectivity index (χ3n) is 5.27. The number of halogens is 1. The largest absolute Gasteiger partial charge is 0.494 e. The van der Waals surface area contributed by atoms with Gasteiger partial charge in [0.2, 0.25) is 0 Å². The van der Waals surface area contributed by atoms with Crippen molar-refractivity contribution in [2.24, 2.45) is 0 Å². The predicted molar refractivity (Wildman–Crippen MR) is 118 cm³/mol. The molecule has 1 atom stereocenters. The van der Waals surface area contributed by atoms with Crippen LogP contribution in [0.3, 0.4) is 0 Å². The van der Waals surface area contributed by atoms with Gasteiger partial charge in [0.15, 0.2) is 10.9 Å². The van der Waals surface area contributed by atoms with Crippen molar-refractivity contribution in [3.63, 3.8) is 0 Å². The molecule has 0 aliphatic heterocycles. The fraction of sp³-hybridized carbons (Fsp3) is 0.364. The lowest BCUT2D eigenvalue weighted by Crippen LogP contribution is -2.55. The number of likely N-dealkylation sites (N-methyl/N-ethyl adjacent to an activating group) is 1. The molecule has 1 fully saturated rings. The van der Waals surface area contributed by atoms with Gasteiger partial charge in [-0.15, -0.1) is 0 Å². The number of carbonyl (C=O) groups is 1. The summed E-state index contributed by atoms with van der Waals surface area (Å²) in [5, 5.41) is 4.33. The van der Waals surface area contributed by atoms with Gasteiger partial charge in [-0.2, -0.15) is 0 Å². The van der Waals surface area contributed by atoms with Gasteiger partial charge in [0, 0.05) is 29.7 Å². The number of thiocarbonyl (C=S) groups is 1. The average molecular weight is 417 g/mol. The lowest BCUT2D eigenvalue weighted by Gasteiger charge is -2.45. The minimum Gasteiger partial charge on any atom is -0.494 e. The number of rotatable bonds is 5. The number of hydrogen-bond donors (Lipinski definition) is 1. The second kappa shape index (κ2) is 8.93. The summed E-state index contributed by atoms with van der Waals surface area (Å²) in [6, 6.07) is 15.2. The number of hydrogen-bond acceptors (Lipinski definition) is 3. The van der Waals surface area contributed by atoms with E-state index in [0.29, 0.717) is 29.6 Å². The van der Waals surface area contributed by atoms with E-state index in [0.717, 1.165) is 29.8 Å². The number of ether oxygens (including phenoxy) is 1. The number of benzene rings is 2. The van der Waals surface area contributed by atoms with E-state index in [1.54, 1.807) is 0 Å². The minimum absolute atomic E-state index is 0.158. The van der Waals surface area contributed by atoms with E-state index < -0.39 is 5.54 Å². The first-order valence-corrected chi connectivity index (χ1v) is 10.3. The number of carbonyl (C=O) groups excluding carboxylic acids is 1. The van der Waals surface area contributed by atoms with E-state index in [1.165, 1.54) is 0 Å². The first-order chi connectivity index (χ1) is 13.5. The molecule has 2 aromatic rings. The highest BCUT2D eigenvalue weighted by Crippen LogP contribution is 2.42. The second-order valence-electron chi connectivity index (χ2n) is 6.92. The van der Waals surface area contributed by atoms with Crippen LogP contribution >= 0.6 is 23.8 Å². The molecule has 6 heteroatoms. The second-order valence-corrected chi connectivity index (χ2v) is 7.71. The molecule has 1 saturated carbocycles. The summed E-state index contributed by atoms with van der Waals surface area (Å²) in [5.41, 5.74) is 0.823. The van der Waals surface area contributed by atoms with Crippen molar-refractivity contribution >= 4 is 40.4 Å². The van der Waals surface area contributed by atoms with Crippen molar-refractivity contribution in [1.82, 2.24) is 4.90 Å². The topological polar surface area (TPSA) is 41.6 Å². The van der Waals surface area contributed by atoms with E-state index in [-0.39, 0.29) is 5.78 Å². The van der Waals surface area contributed by atoms with Crippen LogP contribution in [0, 0.1) is 0 Å².